The van der Waals surface area contributed by atoms with Gasteiger partial charge in [0.05, 0.1) is 7.11 Å². The van der Waals surface area contributed by atoms with E-state index < -0.39 is 0 Å². The number of hydrogen-bond donors (Lipinski definition) is 1. The van der Waals surface area contributed by atoms with Crippen molar-refractivity contribution in [3.8, 4) is 11.5 Å². The highest BCUT2D eigenvalue weighted by Gasteiger charge is 2.27. The quantitative estimate of drug-likeness (QED) is 0.548. The number of ether oxygens (including phenoxy) is 1. The predicted octanol–water partition coefficient (Wildman–Crippen LogP) is 4.87. The number of methoxy groups -OCH3 is 1. The molecule has 4 nitrogen and oxygen atoms in total. The van der Waals surface area contributed by atoms with Gasteiger partial charge in [-0.1, -0.05) is 23.7 Å². The van der Waals surface area contributed by atoms with Crippen LogP contribution < -0.4 is 4.74 Å². The topological polar surface area (TPSA) is 49.8 Å². The van der Waals surface area contributed by atoms with E-state index in [1.54, 1.807) is 17.8 Å². The molecule has 0 radical (unpaired) electrons. The molecule has 0 amide bonds. The lowest BCUT2D eigenvalue weighted by molar-refractivity contribution is 0.0811. The van der Waals surface area contributed by atoms with Crippen molar-refractivity contribution in [3.63, 3.8) is 0 Å². The third-order valence-corrected chi connectivity index (χ3v) is 6.09. The first-order chi connectivity index (χ1) is 13.0. The largest absolute Gasteiger partial charge is 0.504 e. The highest BCUT2D eigenvalue weighted by atomic mass is 35.5. The first-order valence-corrected chi connectivity index (χ1v) is 10.6. The van der Waals surface area contributed by atoms with E-state index in [1.807, 2.05) is 30.5 Å². The van der Waals surface area contributed by atoms with E-state index in [-0.39, 0.29) is 17.5 Å². The van der Waals surface area contributed by atoms with Crippen LogP contribution in [-0.4, -0.2) is 42.2 Å². The Bertz CT molecular complexity index is 810. The molecule has 2 aromatic rings. The Kier molecular flexibility index (Phi) is 6.68. The lowest BCUT2D eigenvalue weighted by atomic mass is 9.90. The molecule has 3 rings (SSSR count). The molecular weight excluding hydrogens is 382 g/mol. The van der Waals surface area contributed by atoms with Crippen molar-refractivity contribution < 1.29 is 14.6 Å². The van der Waals surface area contributed by atoms with Crippen LogP contribution in [0.25, 0.3) is 0 Å². The van der Waals surface area contributed by atoms with Crippen molar-refractivity contribution in [2.45, 2.75) is 24.3 Å². The Labute approximate surface area is 169 Å². The minimum Gasteiger partial charge on any atom is -0.504 e. The third kappa shape index (κ3) is 4.78. The van der Waals surface area contributed by atoms with E-state index in [4.69, 9.17) is 16.3 Å². The zero-order valence-electron chi connectivity index (χ0n) is 15.6. The molecule has 2 aromatic carbocycles. The van der Waals surface area contributed by atoms with E-state index in [9.17, 15) is 9.90 Å². The number of nitrogens with zero attached hydrogens (tertiary/aromatic N) is 1. The lowest BCUT2D eigenvalue weighted by Gasteiger charge is -2.32. The molecule has 144 valence electrons. The van der Waals surface area contributed by atoms with Crippen LogP contribution in [0.1, 0.15) is 28.8 Å². The number of Topliss-reactive ketones (excluding diaryl/α,β-unsaturated/α-hetero) is 1. The van der Waals surface area contributed by atoms with Gasteiger partial charge in [-0.05, 0) is 49.4 Å². The second kappa shape index (κ2) is 9.00. The third-order valence-electron chi connectivity index (χ3n) is 4.99. The summed E-state index contributed by atoms with van der Waals surface area (Å²) in [5.74, 6) is 0.651. The number of carbonyl (C=O) groups excluding carboxylic acids is 1. The molecule has 0 aromatic heterocycles. The van der Waals surface area contributed by atoms with Gasteiger partial charge in [0.2, 0.25) is 0 Å². The second-order valence-electron chi connectivity index (χ2n) is 6.78. The van der Waals surface area contributed by atoms with E-state index in [1.165, 1.54) is 13.2 Å². The first-order valence-electron chi connectivity index (χ1n) is 8.97. The van der Waals surface area contributed by atoms with Gasteiger partial charge in [0.15, 0.2) is 17.3 Å². The molecule has 1 atom stereocenters. The average molecular weight is 406 g/mol. The molecular formula is C21H24ClNO3S. The zero-order chi connectivity index (χ0) is 19.4. The predicted molar refractivity (Wildman–Crippen MR) is 110 cm³/mol. The fourth-order valence-corrected chi connectivity index (χ4v) is 4.14. The molecule has 1 heterocycles. The number of ketones is 1. The Morgan fingerprint density at radius 2 is 2.07 bits per heavy atom. The van der Waals surface area contributed by atoms with Crippen LogP contribution in [0, 0.1) is 5.92 Å². The van der Waals surface area contributed by atoms with Crippen molar-refractivity contribution in [2.24, 2.45) is 5.92 Å². The number of phenolic OH excluding ortho intramolecular Hbond substituents is 1. The molecule has 6 heteroatoms. The summed E-state index contributed by atoms with van der Waals surface area (Å²) < 4.78 is 5.18. The van der Waals surface area contributed by atoms with Gasteiger partial charge in [0.25, 0.3) is 0 Å². The van der Waals surface area contributed by atoms with Crippen LogP contribution in [0.4, 0.5) is 0 Å². The number of likely N-dealkylation sites (tertiary alicyclic amines) is 1. The number of rotatable bonds is 6. The van der Waals surface area contributed by atoms with Crippen molar-refractivity contribution in [3.05, 3.63) is 52.5 Å². The molecule has 1 N–H and O–H groups in total. The maximum atomic E-state index is 12.9. The minimum atomic E-state index is -0.00309. The minimum absolute atomic E-state index is 0.00309. The SMILES string of the molecule is COc1cc(CN2CCCC(C(=O)c3ccc(SC)cc3)C2)c(Cl)cc1O. The Morgan fingerprint density at radius 3 is 2.74 bits per heavy atom. The molecule has 1 saturated heterocycles. The van der Waals surface area contributed by atoms with Gasteiger partial charge in [-0.3, -0.25) is 9.69 Å². The molecule has 1 aliphatic heterocycles. The van der Waals surface area contributed by atoms with Crippen LogP contribution in [0.3, 0.4) is 0 Å². The molecule has 1 unspecified atom stereocenters. The Morgan fingerprint density at radius 1 is 1.33 bits per heavy atom. The second-order valence-corrected chi connectivity index (χ2v) is 8.07. The van der Waals surface area contributed by atoms with Crippen LogP contribution in [-0.2, 0) is 6.54 Å². The standard InChI is InChI=1S/C21H24ClNO3S/c1-26-20-10-16(18(22)11-19(20)24)13-23-9-3-4-15(12-23)21(25)14-5-7-17(27-2)8-6-14/h5-8,10-11,15,24H,3-4,9,12-13H2,1-2H3. The van der Waals surface area contributed by atoms with Gasteiger partial charge in [-0.25, -0.2) is 0 Å². The van der Waals surface area contributed by atoms with E-state index in [2.05, 4.69) is 4.90 Å². The summed E-state index contributed by atoms with van der Waals surface area (Å²) in [6.07, 6.45) is 3.91. The van der Waals surface area contributed by atoms with Crippen LogP contribution in [0.5, 0.6) is 11.5 Å². The molecule has 0 aliphatic carbocycles. The van der Waals surface area contributed by atoms with Gasteiger partial charge < -0.3 is 9.84 Å². The summed E-state index contributed by atoms with van der Waals surface area (Å²) in [6, 6.07) is 11.1. The van der Waals surface area contributed by atoms with E-state index >= 15 is 0 Å². The molecule has 0 bridgehead atoms. The van der Waals surface area contributed by atoms with Crippen LogP contribution >= 0.6 is 23.4 Å². The molecule has 1 aliphatic rings. The van der Waals surface area contributed by atoms with Crippen molar-refractivity contribution in [2.75, 3.05) is 26.5 Å². The molecule has 1 fully saturated rings. The zero-order valence-corrected chi connectivity index (χ0v) is 17.1. The number of thioether (sulfide) groups is 1. The highest BCUT2D eigenvalue weighted by Crippen LogP contribution is 2.33. The number of piperidine rings is 1. The lowest BCUT2D eigenvalue weighted by Crippen LogP contribution is -2.38. The number of aromatic hydroxyl groups is 1. The summed E-state index contributed by atoms with van der Waals surface area (Å²) in [5, 5.41) is 10.3. The van der Waals surface area contributed by atoms with Gasteiger partial charge in [0.1, 0.15) is 0 Å². The van der Waals surface area contributed by atoms with Gasteiger partial charge in [-0.2, -0.15) is 0 Å². The molecule has 27 heavy (non-hydrogen) atoms. The first kappa shape index (κ1) is 20.1. The number of benzene rings is 2. The number of halogens is 1. The number of phenols is 1. The summed E-state index contributed by atoms with van der Waals surface area (Å²) in [5.41, 5.74) is 1.67. The summed E-state index contributed by atoms with van der Waals surface area (Å²) in [6.45, 7) is 2.27. The van der Waals surface area contributed by atoms with Crippen molar-refractivity contribution in [1.29, 1.82) is 0 Å². The van der Waals surface area contributed by atoms with E-state index in [0.29, 0.717) is 23.9 Å². The van der Waals surface area contributed by atoms with Gasteiger partial charge in [-0.15, -0.1) is 11.8 Å². The van der Waals surface area contributed by atoms with Crippen LogP contribution in [0.2, 0.25) is 5.02 Å². The van der Waals surface area contributed by atoms with Gasteiger partial charge >= 0.3 is 0 Å². The summed E-state index contributed by atoms with van der Waals surface area (Å²) >= 11 is 7.96. The monoisotopic (exact) mass is 405 g/mol. The molecule has 0 saturated carbocycles. The van der Waals surface area contributed by atoms with Crippen LogP contribution in [0.15, 0.2) is 41.3 Å². The number of carbonyl (C=O) groups is 1. The smallest absolute Gasteiger partial charge is 0.167 e. The maximum Gasteiger partial charge on any atom is 0.167 e. The van der Waals surface area contributed by atoms with Gasteiger partial charge in [0, 0.05) is 40.6 Å². The normalized spacial score (nSPS) is 17.7. The Hall–Kier alpha value is -1.69. The Balaban J connectivity index is 1.69. The summed E-state index contributed by atoms with van der Waals surface area (Å²) in [7, 11) is 1.52. The van der Waals surface area contributed by atoms with E-state index in [0.717, 1.165) is 35.4 Å². The molecule has 0 spiro atoms. The highest BCUT2D eigenvalue weighted by molar-refractivity contribution is 7.98. The van der Waals surface area contributed by atoms with Crippen molar-refractivity contribution >= 4 is 29.1 Å². The number of hydrogen-bond acceptors (Lipinski definition) is 5. The average Bonchev–Trinajstić information content (AvgIpc) is 2.70. The summed E-state index contributed by atoms with van der Waals surface area (Å²) in [4.78, 5) is 16.3. The maximum absolute atomic E-state index is 12.9. The fraction of sp³-hybridized carbons (Fsp3) is 0.381. The van der Waals surface area contributed by atoms with Crippen molar-refractivity contribution in [1.82, 2.24) is 4.90 Å². The fourth-order valence-electron chi connectivity index (χ4n) is 3.51.